The van der Waals surface area contributed by atoms with Crippen molar-refractivity contribution in [3.05, 3.63) is 67.0 Å². The molecule has 0 amide bonds. The first-order valence-electron chi connectivity index (χ1n) is 8.08. The second-order valence-electron chi connectivity index (χ2n) is 6.00. The molecule has 0 aliphatic carbocycles. The summed E-state index contributed by atoms with van der Waals surface area (Å²) in [6, 6.07) is 14.2. The fourth-order valence-electron chi connectivity index (χ4n) is 3.21. The van der Waals surface area contributed by atoms with E-state index >= 15 is 0 Å². The Morgan fingerprint density at radius 3 is 2.60 bits per heavy atom. The van der Waals surface area contributed by atoms with Crippen LogP contribution >= 0.6 is 0 Å². The molecule has 124 valence electrons. The lowest BCUT2D eigenvalue weighted by molar-refractivity contribution is 0.181. The van der Waals surface area contributed by atoms with E-state index in [2.05, 4.69) is 35.7 Å². The number of benzene rings is 1. The van der Waals surface area contributed by atoms with E-state index in [9.17, 15) is 0 Å². The summed E-state index contributed by atoms with van der Waals surface area (Å²) < 4.78 is 4.07. The van der Waals surface area contributed by atoms with Crippen molar-refractivity contribution >= 4 is 17.0 Å². The third kappa shape index (κ3) is 2.43. The Bertz CT molecular complexity index is 992. The molecular weight excluding hydrogens is 316 g/mol. The molecule has 1 aliphatic heterocycles. The van der Waals surface area contributed by atoms with Gasteiger partial charge in [0, 0.05) is 12.7 Å². The van der Waals surface area contributed by atoms with Gasteiger partial charge in [0.15, 0.2) is 0 Å². The summed E-state index contributed by atoms with van der Waals surface area (Å²) in [5.74, 6) is 0.887. The Kier molecular flexibility index (Phi) is 3.20. The summed E-state index contributed by atoms with van der Waals surface area (Å²) in [7, 11) is 0. The normalized spacial score (nSPS) is 14.8. The molecule has 4 aromatic rings. The molecule has 5 rings (SSSR count). The quantitative estimate of drug-likeness (QED) is 0.569. The molecule has 0 saturated carbocycles. The van der Waals surface area contributed by atoms with Crippen molar-refractivity contribution in [1.82, 2.24) is 34.3 Å². The maximum absolute atomic E-state index is 4.80. The Morgan fingerprint density at radius 1 is 0.920 bits per heavy atom. The molecule has 1 aliphatic rings. The predicted octanol–water partition coefficient (Wildman–Crippen LogP) is 1.72. The number of anilines is 1. The summed E-state index contributed by atoms with van der Waals surface area (Å²) in [5.41, 5.74) is 3.13. The minimum absolute atomic E-state index is 0.679. The number of rotatable bonds is 3. The highest BCUT2D eigenvalue weighted by Crippen LogP contribution is 2.27. The number of pyridine rings is 1. The van der Waals surface area contributed by atoms with E-state index < -0.39 is 0 Å². The molecular formula is C17H16N8. The van der Waals surface area contributed by atoms with Gasteiger partial charge in [0.25, 0.3) is 0 Å². The maximum Gasteiger partial charge on any atom is 0.228 e. The highest BCUT2D eigenvalue weighted by molar-refractivity contribution is 5.79. The van der Waals surface area contributed by atoms with Crippen molar-refractivity contribution < 1.29 is 0 Å². The van der Waals surface area contributed by atoms with Gasteiger partial charge in [0.05, 0.1) is 30.1 Å². The van der Waals surface area contributed by atoms with Gasteiger partial charge in [-0.3, -0.25) is 14.5 Å². The molecule has 0 atom stereocenters. The van der Waals surface area contributed by atoms with Gasteiger partial charge in [-0.1, -0.05) is 18.2 Å². The highest BCUT2D eigenvalue weighted by atomic mass is 15.7. The van der Waals surface area contributed by atoms with Gasteiger partial charge >= 0.3 is 0 Å². The molecule has 4 heterocycles. The van der Waals surface area contributed by atoms with E-state index in [-0.39, 0.29) is 0 Å². The van der Waals surface area contributed by atoms with Crippen molar-refractivity contribution in [3.63, 3.8) is 0 Å². The lowest BCUT2D eigenvalue weighted by Gasteiger charge is -2.36. The molecule has 0 saturated heterocycles. The van der Waals surface area contributed by atoms with Crippen LogP contribution in [0.25, 0.3) is 11.0 Å². The van der Waals surface area contributed by atoms with Gasteiger partial charge in [-0.25, -0.2) is 14.7 Å². The van der Waals surface area contributed by atoms with E-state index in [1.807, 2.05) is 47.3 Å². The number of nitrogens with zero attached hydrogens (tertiary/aromatic N) is 8. The van der Waals surface area contributed by atoms with Crippen molar-refractivity contribution in [2.45, 2.75) is 13.2 Å². The first-order chi connectivity index (χ1) is 12.4. The SMILES string of the molecule is c1ccc(CN2CN(n3cnnc3)c3nc4ccccc4n3C2)nc1. The van der Waals surface area contributed by atoms with E-state index in [0.717, 1.165) is 35.9 Å². The van der Waals surface area contributed by atoms with Crippen molar-refractivity contribution in [3.8, 4) is 0 Å². The van der Waals surface area contributed by atoms with Crippen LogP contribution in [0.5, 0.6) is 0 Å². The maximum atomic E-state index is 4.80. The van der Waals surface area contributed by atoms with Crippen LogP contribution in [-0.2, 0) is 13.2 Å². The summed E-state index contributed by atoms with van der Waals surface area (Å²) >= 11 is 0. The predicted molar refractivity (Wildman–Crippen MR) is 92.3 cm³/mol. The average Bonchev–Trinajstić information content (AvgIpc) is 3.30. The molecule has 3 aromatic heterocycles. The zero-order valence-corrected chi connectivity index (χ0v) is 13.5. The van der Waals surface area contributed by atoms with Crippen LogP contribution < -0.4 is 5.01 Å². The minimum Gasteiger partial charge on any atom is -0.295 e. The number of aromatic nitrogens is 6. The number of imidazole rings is 1. The summed E-state index contributed by atoms with van der Waals surface area (Å²) in [5, 5.41) is 9.94. The molecule has 0 bridgehead atoms. The van der Waals surface area contributed by atoms with Crippen LogP contribution in [0.15, 0.2) is 61.3 Å². The minimum atomic E-state index is 0.679. The first-order valence-corrected chi connectivity index (χ1v) is 8.08. The van der Waals surface area contributed by atoms with Crippen molar-refractivity contribution in [2.75, 3.05) is 11.7 Å². The van der Waals surface area contributed by atoms with Gasteiger partial charge in [0.1, 0.15) is 12.7 Å². The van der Waals surface area contributed by atoms with E-state index in [1.54, 1.807) is 12.7 Å². The smallest absolute Gasteiger partial charge is 0.228 e. The summed E-state index contributed by atoms with van der Waals surface area (Å²) in [4.78, 5) is 11.6. The largest absolute Gasteiger partial charge is 0.295 e. The van der Waals surface area contributed by atoms with Gasteiger partial charge in [-0.2, -0.15) is 0 Å². The van der Waals surface area contributed by atoms with Gasteiger partial charge in [-0.05, 0) is 24.3 Å². The Hall–Kier alpha value is -3.26. The number of hydrogen-bond donors (Lipinski definition) is 0. The second kappa shape index (κ2) is 5.67. The first kappa shape index (κ1) is 14.1. The molecule has 0 spiro atoms. The monoisotopic (exact) mass is 332 g/mol. The van der Waals surface area contributed by atoms with Crippen molar-refractivity contribution in [1.29, 1.82) is 0 Å². The molecule has 25 heavy (non-hydrogen) atoms. The third-order valence-electron chi connectivity index (χ3n) is 4.34. The highest BCUT2D eigenvalue weighted by Gasteiger charge is 2.27. The van der Waals surface area contributed by atoms with Crippen LogP contribution in [0.3, 0.4) is 0 Å². The van der Waals surface area contributed by atoms with Gasteiger partial charge in [0.2, 0.25) is 5.95 Å². The van der Waals surface area contributed by atoms with Crippen molar-refractivity contribution in [2.24, 2.45) is 0 Å². The van der Waals surface area contributed by atoms with E-state index in [0.29, 0.717) is 6.67 Å². The Labute approximate surface area is 143 Å². The molecule has 0 fully saturated rings. The second-order valence-corrected chi connectivity index (χ2v) is 6.00. The number of hydrogen-bond acceptors (Lipinski definition) is 6. The lowest BCUT2D eigenvalue weighted by atomic mass is 10.3. The Morgan fingerprint density at radius 2 is 1.76 bits per heavy atom. The molecule has 8 heteroatoms. The topological polar surface area (TPSA) is 67.9 Å². The van der Waals surface area contributed by atoms with E-state index in [4.69, 9.17) is 4.98 Å². The van der Waals surface area contributed by atoms with Gasteiger partial charge < -0.3 is 0 Å². The summed E-state index contributed by atoms with van der Waals surface area (Å²) in [6.07, 6.45) is 5.21. The van der Waals surface area contributed by atoms with Crippen LogP contribution in [-0.4, -0.2) is 41.0 Å². The van der Waals surface area contributed by atoms with Crippen LogP contribution in [0, 0.1) is 0 Å². The zero-order chi connectivity index (χ0) is 16.6. The van der Waals surface area contributed by atoms with Crippen LogP contribution in [0.4, 0.5) is 5.95 Å². The van der Waals surface area contributed by atoms with Gasteiger partial charge in [-0.15, -0.1) is 10.2 Å². The van der Waals surface area contributed by atoms with Crippen LogP contribution in [0.1, 0.15) is 5.69 Å². The standard InChI is InChI=1S/C17H16N8/c1-2-7-16-15(6-1)21-17-24(16)12-22(9-14-5-3-4-8-18-14)13-25(17)23-10-19-20-11-23/h1-8,10-11H,9,12-13H2. The third-order valence-corrected chi connectivity index (χ3v) is 4.34. The molecule has 0 radical (unpaired) electrons. The number of para-hydroxylation sites is 2. The molecule has 1 aromatic carbocycles. The van der Waals surface area contributed by atoms with E-state index in [1.165, 1.54) is 0 Å². The average molecular weight is 332 g/mol. The zero-order valence-electron chi connectivity index (χ0n) is 13.5. The summed E-state index contributed by atoms with van der Waals surface area (Å²) in [6.45, 7) is 2.19. The fraction of sp³-hybridized carbons (Fsp3) is 0.176. The fourth-order valence-corrected chi connectivity index (χ4v) is 3.21. The molecule has 0 N–H and O–H groups in total. The van der Waals surface area contributed by atoms with Crippen LogP contribution in [0.2, 0.25) is 0 Å². The molecule has 0 unspecified atom stereocenters. The molecule has 8 nitrogen and oxygen atoms in total. The lowest BCUT2D eigenvalue weighted by Crippen LogP contribution is -2.46. The Balaban J connectivity index is 1.58. The number of fused-ring (bicyclic) bond motifs is 3.